The molecule has 21 heavy (non-hydrogen) atoms. The second kappa shape index (κ2) is 6.32. The van der Waals surface area contributed by atoms with Crippen LogP contribution in [0, 0.1) is 18.3 Å². The van der Waals surface area contributed by atoms with Crippen molar-refractivity contribution in [3.05, 3.63) is 63.6 Å². The van der Waals surface area contributed by atoms with Crippen molar-refractivity contribution in [1.82, 2.24) is 0 Å². The van der Waals surface area contributed by atoms with E-state index in [0.717, 1.165) is 22.3 Å². The highest BCUT2D eigenvalue weighted by atomic mass is 79.9. The molecule has 3 heteroatoms. The standard InChI is InChI=1S/C18H19BrN2/c1-13-4-5-14(17(19)10-13)11-21-16-8-6-15(7-9-16)18(2,3)12-20/h4-10,21H,11H2,1-3H3. The topological polar surface area (TPSA) is 35.8 Å². The number of nitriles is 1. The van der Waals surface area contributed by atoms with Gasteiger partial charge in [0.1, 0.15) is 0 Å². The lowest BCUT2D eigenvalue weighted by Gasteiger charge is -2.16. The first-order chi connectivity index (χ1) is 9.92. The van der Waals surface area contributed by atoms with Gasteiger partial charge in [-0.3, -0.25) is 0 Å². The molecule has 0 bridgehead atoms. The van der Waals surface area contributed by atoms with Crippen molar-refractivity contribution in [3.8, 4) is 6.07 Å². The third kappa shape index (κ3) is 3.86. The van der Waals surface area contributed by atoms with Gasteiger partial charge in [-0.05, 0) is 55.7 Å². The largest absolute Gasteiger partial charge is 0.381 e. The summed E-state index contributed by atoms with van der Waals surface area (Å²) >= 11 is 3.59. The SMILES string of the molecule is Cc1ccc(CNc2ccc(C(C)(C)C#N)cc2)c(Br)c1. The molecule has 0 aliphatic carbocycles. The molecular formula is C18H19BrN2. The van der Waals surface area contributed by atoms with Crippen LogP contribution in [-0.2, 0) is 12.0 Å². The monoisotopic (exact) mass is 342 g/mol. The van der Waals surface area contributed by atoms with E-state index in [1.807, 2.05) is 38.1 Å². The summed E-state index contributed by atoms with van der Waals surface area (Å²) in [4.78, 5) is 0. The van der Waals surface area contributed by atoms with E-state index in [2.05, 4.69) is 52.4 Å². The molecule has 0 radical (unpaired) electrons. The van der Waals surface area contributed by atoms with Crippen LogP contribution in [0.25, 0.3) is 0 Å². The zero-order valence-corrected chi connectivity index (χ0v) is 14.2. The Morgan fingerprint density at radius 2 is 1.81 bits per heavy atom. The van der Waals surface area contributed by atoms with Crippen LogP contribution in [0.5, 0.6) is 0 Å². The van der Waals surface area contributed by atoms with Crippen LogP contribution in [0.3, 0.4) is 0 Å². The zero-order valence-electron chi connectivity index (χ0n) is 12.6. The molecular weight excluding hydrogens is 324 g/mol. The van der Waals surface area contributed by atoms with Crippen LogP contribution in [0.1, 0.15) is 30.5 Å². The Balaban J connectivity index is 2.06. The Kier molecular flexibility index (Phi) is 4.69. The van der Waals surface area contributed by atoms with Gasteiger partial charge >= 0.3 is 0 Å². The van der Waals surface area contributed by atoms with Crippen LogP contribution < -0.4 is 5.32 Å². The average Bonchev–Trinajstić information content (AvgIpc) is 2.47. The number of halogens is 1. The molecule has 0 aromatic heterocycles. The maximum absolute atomic E-state index is 9.15. The number of nitrogens with zero attached hydrogens (tertiary/aromatic N) is 1. The van der Waals surface area contributed by atoms with Crippen LogP contribution in [0.15, 0.2) is 46.9 Å². The molecule has 0 amide bonds. The first kappa shape index (κ1) is 15.6. The van der Waals surface area contributed by atoms with E-state index < -0.39 is 5.41 Å². The smallest absolute Gasteiger partial charge is 0.0766 e. The van der Waals surface area contributed by atoms with Gasteiger partial charge in [-0.15, -0.1) is 0 Å². The minimum Gasteiger partial charge on any atom is -0.381 e. The third-order valence-corrected chi connectivity index (χ3v) is 4.32. The molecule has 2 rings (SSSR count). The Morgan fingerprint density at radius 1 is 1.14 bits per heavy atom. The van der Waals surface area contributed by atoms with Gasteiger partial charge in [0.15, 0.2) is 0 Å². The van der Waals surface area contributed by atoms with Gasteiger partial charge in [0.05, 0.1) is 11.5 Å². The summed E-state index contributed by atoms with van der Waals surface area (Å²) in [5, 5.41) is 12.6. The quantitative estimate of drug-likeness (QED) is 0.831. The van der Waals surface area contributed by atoms with Gasteiger partial charge in [-0.2, -0.15) is 5.26 Å². The van der Waals surface area contributed by atoms with Gasteiger partial charge in [0.2, 0.25) is 0 Å². The first-order valence-electron chi connectivity index (χ1n) is 6.93. The lowest BCUT2D eigenvalue weighted by molar-refractivity contribution is 0.687. The molecule has 0 aliphatic rings. The molecule has 108 valence electrons. The van der Waals surface area contributed by atoms with Crippen molar-refractivity contribution in [2.24, 2.45) is 0 Å². The van der Waals surface area contributed by atoms with Crippen molar-refractivity contribution in [2.45, 2.75) is 32.7 Å². The van der Waals surface area contributed by atoms with Crippen LogP contribution in [0.2, 0.25) is 0 Å². The summed E-state index contributed by atoms with van der Waals surface area (Å²) in [6.07, 6.45) is 0. The van der Waals surface area contributed by atoms with E-state index >= 15 is 0 Å². The Morgan fingerprint density at radius 3 is 2.38 bits per heavy atom. The molecule has 0 saturated heterocycles. The zero-order chi connectivity index (χ0) is 15.5. The summed E-state index contributed by atoms with van der Waals surface area (Å²) in [7, 11) is 0. The molecule has 2 nitrogen and oxygen atoms in total. The normalized spacial score (nSPS) is 11.0. The van der Waals surface area contributed by atoms with Crippen LogP contribution in [0.4, 0.5) is 5.69 Å². The number of anilines is 1. The van der Waals surface area contributed by atoms with Crippen molar-refractivity contribution in [1.29, 1.82) is 5.26 Å². The van der Waals surface area contributed by atoms with E-state index in [9.17, 15) is 0 Å². The number of hydrogen-bond acceptors (Lipinski definition) is 2. The van der Waals surface area contributed by atoms with Crippen LogP contribution in [-0.4, -0.2) is 0 Å². The van der Waals surface area contributed by atoms with E-state index in [4.69, 9.17) is 5.26 Å². The van der Waals surface area contributed by atoms with E-state index in [-0.39, 0.29) is 0 Å². The molecule has 2 aromatic carbocycles. The molecule has 0 heterocycles. The van der Waals surface area contributed by atoms with Crippen molar-refractivity contribution in [3.63, 3.8) is 0 Å². The number of hydrogen-bond donors (Lipinski definition) is 1. The number of nitrogens with one attached hydrogen (secondary N) is 1. The summed E-state index contributed by atoms with van der Waals surface area (Å²) in [6.45, 7) is 6.71. The molecule has 0 atom stereocenters. The summed E-state index contributed by atoms with van der Waals surface area (Å²) in [6, 6.07) is 16.7. The Hall–Kier alpha value is -1.79. The average molecular weight is 343 g/mol. The number of aryl methyl sites for hydroxylation is 1. The highest BCUT2D eigenvalue weighted by Gasteiger charge is 2.18. The van der Waals surface area contributed by atoms with Gasteiger partial charge in [0, 0.05) is 16.7 Å². The lowest BCUT2D eigenvalue weighted by Crippen LogP contribution is -2.13. The Bertz CT molecular complexity index is 667. The Labute approximate surface area is 134 Å². The molecule has 0 saturated carbocycles. The fourth-order valence-corrected chi connectivity index (χ4v) is 2.70. The minimum absolute atomic E-state index is 0.446. The van der Waals surface area contributed by atoms with Gasteiger partial charge in [0.25, 0.3) is 0 Å². The second-order valence-corrected chi connectivity index (χ2v) is 6.62. The second-order valence-electron chi connectivity index (χ2n) is 5.76. The molecule has 0 spiro atoms. The van der Waals surface area contributed by atoms with Gasteiger partial charge < -0.3 is 5.32 Å². The molecule has 1 N–H and O–H groups in total. The third-order valence-electron chi connectivity index (χ3n) is 3.58. The predicted octanol–water partition coefficient (Wildman–Crippen LogP) is 5.17. The van der Waals surface area contributed by atoms with Gasteiger partial charge in [-0.25, -0.2) is 0 Å². The maximum Gasteiger partial charge on any atom is 0.0766 e. The van der Waals surface area contributed by atoms with Crippen molar-refractivity contribution >= 4 is 21.6 Å². The fraction of sp³-hybridized carbons (Fsp3) is 0.278. The van der Waals surface area contributed by atoms with E-state index in [1.54, 1.807) is 0 Å². The highest BCUT2D eigenvalue weighted by Crippen LogP contribution is 2.24. The van der Waals surface area contributed by atoms with Crippen LogP contribution >= 0.6 is 15.9 Å². The fourth-order valence-electron chi connectivity index (χ4n) is 2.06. The number of benzene rings is 2. The summed E-state index contributed by atoms with van der Waals surface area (Å²) in [5.41, 5.74) is 4.11. The maximum atomic E-state index is 9.15. The number of rotatable bonds is 4. The van der Waals surface area contributed by atoms with Gasteiger partial charge in [-0.1, -0.05) is 40.2 Å². The highest BCUT2D eigenvalue weighted by molar-refractivity contribution is 9.10. The minimum atomic E-state index is -0.446. The van der Waals surface area contributed by atoms with E-state index in [1.165, 1.54) is 11.1 Å². The molecule has 0 aliphatic heterocycles. The molecule has 0 unspecified atom stereocenters. The first-order valence-corrected chi connectivity index (χ1v) is 7.72. The predicted molar refractivity (Wildman–Crippen MR) is 91.3 cm³/mol. The van der Waals surface area contributed by atoms with Crippen molar-refractivity contribution < 1.29 is 0 Å². The lowest BCUT2D eigenvalue weighted by atomic mass is 9.86. The summed E-state index contributed by atoms with van der Waals surface area (Å²) < 4.78 is 1.12. The molecule has 0 fully saturated rings. The summed E-state index contributed by atoms with van der Waals surface area (Å²) in [5.74, 6) is 0. The van der Waals surface area contributed by atoms with E-state index in [0.29, 0.717) is 0 Å². The van der Waals surface area contributed by atoms with Crippen molar-refractivity contribution in [2.75, 3.05) is 5.32 Å². The molecule has 2 aromatic rings.